The summed E-state index contributed by atoms with van der Waals surface area (Å²) in [5.74, 6) is 0.769. The number of fused-ring (bicyclic) bond motifs is 3. The Balaban J connectivity index is 1.12. The van der Waals surface area contributed by atoms with Crippen molar-refractivity contribution < 1.29 is 23.4 Å². The quantitative estimate of drug-likeness (QED) is 0.460. The number of anilines is 2. The van der Waals surface area contributed by atoms with Crippen molar-refractivity contribution in [3.63, 3.8) is 0 Å². The molecular formula is C34H41FN4O4. The summed E-state index contributed by atoms with van der Waals surface area (Å²) in [6.45, 7) is 8.75. The van der Waals surface area contributed by atoms with Crippen molar-refractivity contribution in [1.82, 2.24) is 9.80 Å². The van der Waals surface area contributed by atoms with E-state index in [1.54, 1.807) is 12.1 Å². The molecule has 0 unspecified atom stereocenters. The molecule has 0 aliphatic carbocycles. The lowest BCUT2D eigenvalue weighted by molar-refractivity contribution is -0.133. The normalized spacial score (nSPS) is 18.9. The minimum atomic E-state index is -0.221. The Kier molecular flexibility index (Phi) is 9.72. The van der Waals surface area contributed by atoms with Crippen molar-refractivity contribution in [1.29, 1.82) is 0 Å². The van der Waals surface area contributed by atoms with Gasteiger partial charge in [-0.05, 0) is 41.5 Å². The lowest BCUT2D eigenvalue weighted by atomic mass is 10.0. The zero-order chi connectivity index (χ0) is 29.4. The van der Waals surface area contributed by atoms with E-state index in [1.807, 2.05) is 15.9 Å². The zero-order valence-electron chi connectivity index (χ0n) is 24.8. The summed E-state index contributed by atoms with van der Waals surface area (Å²) in [6.07, 6.45) is 0.757. The van der Waals surface area contributed by atoms with Crippen LogP contribution in [0.5, 0.6) is 5.75 Å². The number of piperazine rings is 1. The van der Waals surface area contributed by atoms with Gasteiger partial charge in [-0.1, -0.05) is 36.4 Å². The molecule has 6 rings (SSSR count). The van der Waals surface area contributed by atoms with Crippen LogP contribution < -0.4 is 14.5 Å². The van der Waals surface area contributed by atoms with Crippen LogP contribution in [-0.4, -0.2) is 101 Å². The van der Waals surface area contributed by atoms with Crippen LogP contribution in [0.25, 0.3) is 0 Å². The van der Waals surface area contributed by atoms with Gasteiger partial charge in [-0.25, -0.2) is 4.39 Å². The van der Waals surface area contributed by atoms with Gasteiger partial charge in [-0.3, -0.25) is 9.69 Å². The molecular weight excluding hydrogens is 547 g/mol. The molecule has 0 spiro atoms. The highest BCUT2D eigenvalue weighted by molar-refractivity contribution is 5.78. The van der Waals surface area contributed by atoms with Gasteiger partial charge in [-0.2, -0.15) is 0 Å². The van der Waals surface area contributed by atoms with Crippen molar-refractivity contribution in [2.75, 3.05) is 95.2 Å². The van der Waals surface area contributed by atoms with Crippen LogP contribution in [0.4, 0.5) is 15.8 Å². The number of morpholine rings is 1. The topological polar surface area (TPSA) is 57.7 Å². The highest BCUT2D eigenvalue weighted by atomic mass is 19.1. The summed E-state index contributed by atoms with van der Waals surface area (Å²) >= 11 is 0. The first-order chi connectivity index (χ1) is 21.1. The second-order valence-electron chi connectivity index (χ2n) is 11.4. The fourth-order valence-electron chi connectivity index (χ4n) is 6.10. The summed E-state index contributed by atoms with van der Waals surface area (Å²) in [7, 11) is 0. The molecule has 43 heavy (non-hydrogen) atoms. The molecule has 3 aliphatic heterocycles. The number of rotatable bonds is 4. The van der Waals surface area contributed by atoms with Crippen molar-refractivity contribution in [2.24, 2.45) is 0 Å². The molecule has 0 atom stereocenters. The maximum absolute atomic E-state index is 14.3. The highest BCUT2D eigenvalue weighted by Gasteiger charge is 2.24. The lowest BCUT2D eigenvalue weighted by Crippen LogP contribution is -2.51. The van der Waals surface area contributed by atoms with E-state index >= 15 is 0 Å². The molecule has 3 aromatic carbocycles. The molecule has 0 aromatic heterocycles. The minimum Gasteiger partial charge on any atom is -0.491 e. The second-order valence-corrected chi connectivity index (χ2v) is 11.4. The Morgan fingerprint density at radius 2 is 1.49 bits per heavy atom. The van der Waals surface area contributed by atoms with E-state index in [2.05, 4.69) is 52.3 Å². The zero-order valence-corrected chi connectivity index (χ0v) is 24.8. The maximum atomic E-state index is 14.3. The van der Waals surface area contributed by atoms with E-state index in [1.165, 1.54) is 22.9 Å². The van der Waals surface area contributed by atoms with Crippen LogP contribution in [0.1, 0.15) is 16.7 Å². The number of ether oxygens (including phenoxy) is 3. The molecule has 0 radical (unpaired) electrons. The molecule has 3 aromatic rings. The number of benzene rings is 3. The Labute approximate surface area is 253 Å². The Bertz CT molecular complexity index is 1370. The number of para-hydroxylation sites is 1. The van der Waals surface area contributed by atoms with Gasteiger partial charge in [-0.15, -0.1) is 0 Å². The van der Waals surface area contributed by atoms with Gasteiger partial charge in [0.15, 0.2) is 0 Å². The fraction of sp³-hybridized carbons (Fsp3) is 0.441. The largest absolute Gasteiger partial charge is 0.491 e. The predicted molar refractivity (Wildman–Crippen MR) is 166 cm³/mol. The smallest absolute Gasteiger partial charge is 0.236 e. The van der Waals surface area contributed by atoms with Crippen molar-refractivity contribution >= 4 is 17.3 Å². The summed E-state index contributed by atoms with van der Waals surface area (Å²) < 4.78 is 32.0. The summed E-state index contributed by atoms with van der Waals surface area (Å²) in [5.41, 5.74) is 5.33. The number of nitrogens with zero attached hydrogens (tertiary/aromatic N) is 4. The Hall–Kier alpha value is -3.66. The number of carbonyl (C=O) groups is 1. The first-order valence-corrected chi connectivity index (χ1v) is 15.4. The number of hydrogen-bond donors (Lipinski definition) is 0. The van der Waals surface area contributed by atoms with Gasteiger partial charge in [0.05, 0.1) is 38.7 Å². The van der Waals surface area contributed by atoms with E-state index < -0.39 is 0 Å². The lowest BCUT2D eigenvalue weighted by Gasteiger charge is -2.37. The van der Waals surface area contributed by atoms with Gasteiger partial charge in [0.1, 0.15) is 18.2 Å². The molecule has 2 saturated heterocycles. The minimum absolute atomic E-state index is 0.0957. The van der Waals surface area contributed by atoms with Crippen LogP contribution >= 0.6 is 0 Å². The fourth-order valence-corrected chi connectivity index (χ4v) is 6.10. The molecule has 3 aliphatic rings. The van der Waals surface area contributed by atoms with E-state index in [-0.39, 0.29) is 11.7 Å². The predicted octanol–water partition coefficient (Wildman–Crippen LogP) is 3.81. The van der Waals surface area contributed by atoms with E-state index in [0.717, 1.165) is 44.0 Å². The molecule has 0 saturated carbocycles. The van der Waals surface area contributed by atoms with Crippen molar-refractivity contribution in [3.05, 3.63) is 89.2 Å². The molecule has 2 bridgehead atoms. The first kappa shape index (κ1) is 29.4. The van der Waals surface area contributed by atoms with Crippen LogP contribution in [-0.2, 0) is 27.2 Å². The second kappa shape index (κ2) is 14.2. The van der Waals surface area contributed by atoms with Crippen LogP contribution in [0.2, 0.25) is 0 Å². The third-order valence-corrected chi connectivity index (χ3v) is 8.43. The Morgan fingerprint density at radius 1 is 0.721 bits per heavy atom. The van der Waals surface area contributed by atoms with Crippen molar-refractivity contribution in [2.45, 2.75) is 13.0 Å². The van der Waals surface area contributed by atoms with Gasteiger partial charge in [0.25, 0.3) is 0 Å². The van der Waals surface area contributed by atoms with Crippen LogP contribution in [0, 0.1) is 5.82 Å². The van der Waals surface area contributed by atoms with Crippen molar-refractivity contribution in [3.8, 4) is 5.75 Å². The SMILES string of the molecule is O=C(CN1CCOCCOc2ccc(N3CCOCC3)cc2Cc2cccc(c2)C1)N1CCN(c2ccccc2F)CC1. The van der Waals surface area contributed by atoms with Gasteiger partial charge < -0.3 is 28.9 Å². The van der Waals surface area contributed by atoms with E-state index in [4.69, 9.17) is 14.2 Å². The molecule has 3 heterocycles. The van der Waals surface area contributed by atoms with E-state index in [9.17, 15) is 9.18 Å². The summed E-state index contributed by atoms with van der Waals surface area (Å²) in [5, 5.41) is 0. The Morgan fingerprint density at radius 3 is 2.33 bits per heavy atom. The van der Waals surface area contributed by atoms with Gasteiger partial charge in [0.2, 0.25) is 5.91 Å². The average molecular weight is 589 g/mol. The van der Waals surface area contributed by atoms with Crippen LogP contribution in [0.3, 0.4) is 0 Å². The third-order valence-electron chi connectivity index (χ3n) is 8.43. The number of halogens is 1. The average Bonchev–Trinajstić information content (AvgIpc) is 3.04. The first-order valence-electron chi connectivity index (χ1n) is 15.4. The van der Waals surface area contributed by atoms with Gasteiger partial charge >= 0.3 is 0 Å². The molecule has 0 N–H and O–H groups in total. The van der Waals surface area contributed by atoms with Gasteiger partial charge in [0, 0.05) is 70.0 Å². The highest BCUT2D eigenvalue weighted by Crippen LogP contribution is 2.29. The molecule has 8 nitrogen and oxygen atoms in total. The van der Waals surface area contributed by atoms with Crippen LogP contribution in [0.15, 0.2) is 66.7 Å². The number of hydrogen-bond acceptors (Lipinski definition) is 7. The number of carbonyl (C=O) groups excluding carboxylic acids is 1. The molecule has 9 heteroatoms. The molecule has 1 amide bonds. The molecule has 2 fully saturated rings. The molecule has 228 valence electrons. The summed E-state index contributed by atoms with van der Waals surface area (Å²) in [6, 6.07) is 21.9. The van der Waals surface area contributed by atoms with E-state index in [0.29, 0.717) is 71.3 Å². The summed E-state index contributed by atoms with van der Waals surface area (Å²) in [4.78, 5) is 21.8. The maximum Gasteiger partial charge on any atom is 0.236 e. The monoisotopic (exact) mass is 588 g/mol. The number of amides is 1. The standard InChI is InChI=1S/C34H41FN4O4/c35-31-6-1-2-7-32(31)38-10-12-39(13-11-38)34(40)26-36-14-17-42-20-21-43-33-9-8-30(37-15-18-41-19-16-37)24-29(33)23-27-4-3-5-28(22-27)25-36/h1-9,22,24H,10-21,23,25-26H2. The third kappa shape index (κ3) is 7.65.